The molecule has 0 amide bonds. The van der Waals surface area contributed by atoms with Crippen molar-refractivity contribution >= 4 is 39.5 Å². The normalized spacial score (nSPS) is 17.6. The van der Waals surface area contributed by atoms with E-state index in [1.54, 1.807) is 0 Å². The maximum absolute atomic E-state index is 4.91. The van der Waals surface area contributed by atoms with E-state index in [9.17, 15) is 0 Å². The summed E-state index contributed by atoms with van der Waals surface area (Å²) in [6, 6.07) is 44.1. The highest BCUT2D eigenvalue weighted by atomic mass is 15.2. The van der Waals surface area contributed by atoms with Gasteiger partial charge in [-0.1, -0.05) is 92.7 Å². The Morgan fingerprint density at radius 2 is 1.20 bits per heavy atom. The van der Waals surface area contributed by atoms with E-state index in [0.29, 0.717) is 0 Å². The quantitative estimate of drug-likeness (QED) is 0.173. The van der Waals surface area contributed by atoms with Gasteiger partial charge in [0.25, 0.3) is 0 Å². The third-order valence-electron chi connectivity index (χ3n) is 11.7. The fourth-order valence-electron chi connectivity index (χ4n) is 8.54. The number of anilines is 2. The number of hydrogen-bond donors (Lipinski definition) is 0. The molecule has 2 atom stereocenters. The molecule has 8 aromatic rings. The average molecular weight is 699 g/mol. The second-order valence-electron chi connectivity index (χ2n) is 15.0. The molecule has 0 fully saturated rings. The predicted molar refractivity (Wildman–Crippen MR) is 221 cm³/mol. The van der Waals surface area contributed by atoms with E-state index < -0.39 is 0 Å². The highest BCUT2D eigenvalue weighted by Crippen LogP contribution is 2.50. The number of aliphatic imine (C=N–C) groups is 1. The van der Waals surface area contributed by atoms with Gasteiger partial charge in [-0.05, 0) is 94.9 Å². The molecule has 0 spiro atoms. The van der Waals surface area contributed by atoms with Gasteiger partial charge >= 0.3 is 0 Å². The molecule has 2 aliphatic rings. The zero-order valence-electron chi connectivity index (χ0n) is 30.4. The van der Waals surface area contributed by atoms with E-state index in [0.717, 1.165) is 39.0 Å². The van der Waals surface area contributed by atoms with Crippen LogP contribution < -0.4 is 4.90 Å². The first-order chi connectivity index (χ1) is 26.4. The summed E-state index contributed by atoms with van der Waals surface area (Å²) in [4.78, 5) is 20.8. The summed E-state index contributed by atoms with van der Waals surface area (Å²) in [6.45, 7) is 6.82. The van der Waals surface area contributed by atoms with Crippen LogP contribution in [0, 0.1) is 0 Å². The summed E-state index contributed by atoms with van der Waals surface area (Å²) >= 11 is 0. The van der Waals surface area contributed by atoms with Crippen LogP contribution in [0.1, 0.15) is 37.5 Å². The maximum Gasteiger partial charge on any atom is 0.109 e. The molecule has 0 bridgehead atoms. The van der Waals surface area contributed by atoms with Crippen molar-refractivity contribution in [3.05, 3.63) is 181 Å². The molecule has 2 aliphatic heterocycles. The lowest BCUT2D eigenvalue weighted by Gasteiger charge is -2.33. The number of rotatable bonds is 6. The summed E-state index contributed by atoms with van der Waals surface area (Å²) in [7, 11) is 0. The zero-order valence-corrected chi connectivity index (χ0v) is 30.4. The van der Waals surface area contributed by atoms with E-state index >= 15 is 0 Å². The van der Waals surface area contributed by atoms with Crippen LogP contribution in [0.4, 0.5) is 11.4 Å². The molecule has 10 rings (SSSR count). The monoisotopic (exact) mass is 698 g/mol. The largest absolute Gasteiger partial charge is 0.330 e. The van der Waals surface area contributed by atoms with E-state index in [1.165, 1.54) is 38.9 Å². The summed E-state index contributed by atoms with van der Waals surface area (Å²) in [5.74, 6) is 0. The summed E-state index contributed by atoms with van der Waals surface area (Å²) in [5, 5.41) is 1.11. The molecule has 0 saturated heterocycles. The number of fused-ring (bicyclic) bond motifs is 6. The van der Waals surface area contributed by atoms with Crippen LogP contribution in [-0.4, -0.2) is 31.8 Å². The van der Waals surface area contributed by atoms with Crippen molar-refractivity contribution in [1.82, 2.24) is 19.5 Å². The van der Waals surface area contributed by atoms with Gasteiger partial charge in [0.05, 0.1) is 40.7 Å². The van der Waals surface area contributed by atoms with Crippen LogP contribution in [0.5, 0.6) is 0 Å². The molecule has 0 saturated carbocycles. The Hall–Kier alpha value is -6.66. The minimum atomic E-state index is -0.327. The topological polar surface area (TPSA) is 59.2 Å². The molecule has 0 N–H and O–H groups in total. The molecule has 6 heteroatoms. The van der Waals surface area contributed by atoms with Gasteiger partial charge in [-0.25, -0.2) is 0 Å². The molecule has 0 aliphatic carbocycles. The first-order valence-electron chi connectivity index (χ1n) is 18.5. The predicted octanol–water partition coefficient (Wildman–Crippen LogP) is 11.0. The second kappa shape index (κ2) is 12.2. The fourth-order valence-corrected chi connectivity index (χ4v) is 8.54. The lowest BCUT2D eigenvalue weighted by atomic mass is 9.77. The summed E-state index contributed by atoms with van der Waals surface area (Å²) in [5.41, 5.74) is 14.5. The molecular weight excluding hydrogens is 661 g/mol. The van der Waals surface area contributed by atoms with E-state index in [4.69, 9.17) is 4.99 Å². The number of dihydropyridines is 1. The minimum absolute atomic E-state index is 0.108. The van der Waals surface area contributed by atoms with Crippen LogP contribution in [0.3, 0.4) is 0 Å². The van der Waals surface area contributed by atoms with Crippen LogP contribution in [0.2, 0.25) is 0 Å². The Morgan fingerprint density at radius 1 is 0.611 bits per heavy atom. The van der Waals surface area contributed by atoms with Crippen LogP contribution in [0.25, 0.3) is 49.9 Å². The van der Waals surface area contributed by atoms with Gasteiger partial charge in [0, 0.05) is 52.5 Å². The molecule has 4 aromatic carbocycles. The Labute approximate surface area is 314 Å². The number of hydrogen-bond acceptors (Lipinski definition) is 5. The molecular formula is C48H38N6. The van der Waals surface area contributed by atoms with Gasteiger partial charge < -0.3 is 9.47 Å². The number of benzene rings is 4. The third-order valence-corrected chi connectivity index (χ3v) is 11.7. The van der Waals surface area contributed by atoms with Crippen molar-refractivity contribution in [2.45, 2.75) is 37.8 Å². The number of nitrogens with zero attached hydrogens (tertiary/aromatic N) is 6. The molecule has 260 valence electrons. The van der Waals surface area contributed by atoms with Crippen molar-refractivity contribution in [3.8, 4) is 27.9 Å². The SMILES string of the molecule is CC(C)(c1ccc(-c2ccc(N3c4cnccc4C4(C)N=CC=CC34)cc2)cc1)c1ccc(-c2ccc(-n3c4cnccc4c4ncccc43)cc2)cc1. The number of pyridine rings is 3. The molecule has 4 aromatic heterocycles. The number of allylic oxidation sites excluding steroid dienone is 1. The second-order valence-corrected chi connectivity index (χ2v) is 15.0. The first-order valence-corrected chi connectivity index (χ1v) is 18.5. The van der Waals surface area contributed by atoms with Gasteiger partial charge in [0.15, 0.2) is 0 Å². The summed E-state index contributed by atoms with van der Waals surface area (Å²) < 4.78 is 2.24. The lowest BCUT2D eigenvalue weighted by molar-refractivity contribution is 0.469. The average Bonchev–Trinajstić information content (AvgIpc) is 3.70. The van der Waals surface area contributed by atoms with Crippen molar-refractivity contribution in [3.63, 3.8) is 0 Å². The van der Waals surface area contributed by atoms with E-state index in [1.807, 2.05) is 55.4 Å². The molecule has 0 radical (unpaired) electrons. The highest BCUT2D eigenvalue weighted by Gasteiger charge is 2.48. The Bertz CT molecular complexity index is 2690. The van der Waals surface area contributed by atoms with Gasteiger partial charge in [0.1, 0.15) is 5.54 Å². The third kappa shape index (κ3) is 4.94. The zero-order chi connectivity index (χ0) is 36.4. The van der Waals surface area contributed by atoms with Crippen molar-refractivity contribution in [2.75, 3.05) is 4.90 Å². The summed E-state index contributed by atoms with van der Waals surface area (Å²) in [6.07, 6.45) is 15.6. The van der Waals surface area contributed by atoms with Crippen LogP contribution in [-0.2, 0) is 11.0 Å². The van der Waals surface area contributed by atoms with Gasteiger partial charge in [-0.15, -0.1) is 0 Å². The van der Waals surface area contributed by atoms with Crippen molar-refractivity contribution in [2.24, 2.45) is 4.99 Å². The minimum Gasteiger partial charge on any atom is -0.330 e. The Morgan fingerprint density at radius 3 is 1.87 bits per heavy atom. The van der Waals surface area contributed by atoms with E-state index in [-0.39, 0.29) is 17.0 Å². The Kier molecular flexibility index (Phi) is 7.24. The van der Waals surface area contributed by atoms with E-state index in [2.05, 4.69) is 160 Å². The van der Waals surface area contributed by atoms with Crippen molar-refractivity contribution in [1.29, 1.82) is 0 Å². The molecule has 54 heavy (non-hydrogen) atoms. The molecule has 2 unspecified atom stereocenters. The van der Waals surface area contributed by atoms with Gasteiger partial charge in [-0.3, -0.25) is 19.9 Å². The Balaban J connectivity index is 0.870. The maximum atomic E-state index is 4.91. The lowest BCUT2D eigenvalue weighted by Crippen LogP contribution is -2.39. The van der Waals surface area contributed by atoms with Gasteiger partial charge in [0.2, 0.25) is 0 Å². The molecule has 6 nitrogen and oxygen atoms in total. The number of aromatic nitrogens is 4. The van der Waals surface area contributed by atoms with Crippen molar-refractivity contribution < 1.29 is 0 Å². The van der Waals surface area contributed by atoms with Crippen LogP contribution in [0.15, 0.2) is 169 Å². The first kappa shape index (κ1) is 32.0. The standard InChI is InChI=1S/C48H38N6/c1-47(2,36-16-8-32(9-17-36)34-12-20-38(21-13-34)53-42-6-4-26-51-46(42)40-24-28-49-30-43(40)53)37-18-10-33(11-19-37)35-14-22-39(23-15-35)54-44-31-50-29-25-41(44)48(3)45(54)7-5-27-52-48/h4-31,45H,1-3H3. The fraction of sp³-hybridized carbons (Fsp3) is 0.125. The van der Waals surface area contributed by atoms with Crippen LogP contribution >= 0.6 is 0 Å². The van der Waals surface area contributed by atoms with Gasteiger partial charge in [-0.2, -0.15) is 0 Å². The highest BCUT2D eigenvalue weighted by molar-refractivity contribution is 6.06. The smallest absolute Gasteiger partial charge is 0.109 e. The molecule has 6 heterocycles.